The molecule has 0 rings (SSSR count). The summed E-state index contributed by atoms with van der Waals surface area (Å²) in [7, 11) is -1.29. The normalized spacial score (nSPS) is 16.1. The van der Waals surface area contributed by atoms with Gasteiger partial charge in [0.1, 0.15) is 0 Å². The molecule has 0 saturated carbocycles. The Morgan fingerprint density at radius 2 is 1.88 bits per heavy atom. The smallest absolute Gasteiger partial charge is 0.153 e. The topological polar surface area (TPSA) is 0 Å². The first-order chi connectivity index (χ1) is 3.48. The highest BCUT2D eigenvalue weighted by atomic mass is 35.6. The van der Waals surface area contributed by atoms with E-state index in [1.165, 1.54) is 6.42 Å². The first-order valence-electron chi connectivity index (χ1n) is 3.17. The van der Waals surface area contributed by atoms with E-state index >= 15 is 0 Å². The Morgan fingerprint density at radius 1 is 1.50 bits per heavy atom. The van der Waals surface area contributed by atoms with E-state index in [1.807, 2.05) is 0 Å². The highest BCUT2D eigenvalue weighted by Gasteiger charge is 2.23. The summed E-state index contributed by atoms with van der Waals surface area (Å²) in [5.41, 5.74) is 0.754. The maximum Gasteiger partial charge on any atom is 0.153 e. The quantitative estimate of drug-likeness (QED) is 0.419. The van der Waals surface area contributed by atoms with Gasteiger partial charge in [-0.15, -0.1) is 0 Å². The predicted octanol–water partition coefficient (Wildman–Crippen LogP) is 3.23. The van der Waals surface area contributed by atoms with E-state index in [0.717, 1.165) is 5.54 Å². The van der Waals surface area contributed by atoms with E-state index in [9.17, 15) is 0 Å². The van der Waals surface area contributed by atoms with Crippen LogP contribution in [-0.4, -0.2) is 7.38 Å². The van der Waals surface area contributed by atoms with Crippen molar-refractivity contribution in [2.45, 2.75) is 38.9 Å². The molecule has 0 aromatic carbocycles. The number of hydrogen-bond acceptors (Lipinski definition) is 0. The van der Waals surface area contributed by atoms with Gasteiger partial charge in [-0.05, 0) is 5.54 Å². The summed E-state index contributed by atoms with van der Waals surface area (Å²) in [6.45, 7) is 8.83. The molecule has 0 amide bonds. The highest BCUT2D eigenvalue weighted by Crippen LogP contribution is 2.27. The molecule has 0 aromatic heterocycles. The Morgan fingerprint density at radius 3 is 1.88 bits per heavy atom. The molecule has 50 valence electrons. The summed E-state index contributed by atoms with van der Waals surface area (Å²) in [4.78, 5) is 0. The third-order valence-electron chi connectivity index (χ3n) is 1.78. The van der Waals surface area contributed by atoms with Crippen LogP contribution in [0.25, 0.3) is 0 Å². The summed E-state index contributed by atoms with van der Waals surface area (Å²) >= 11 is 6.12. The zero-order valence-electron chi connectivity index (χ0n) is 6.16. The molecule has 8 heavy (non-hydrogen) atoms. The monoisotopic (exact) mass is 150 g/mol. The molecule has 0 aliphatic heterocycles. The average Bonchev–Trinajstić information content (AvgIpc) is 1.62. The molecular weight excluding hydrogens is 136 g/mol. The molecule has 0 saturated heterocycles. The fourth-order valence-corrected chi connectivity index (χ4v) is 1.92. The van der Waals surface area contributed by atoms with Gasteiger partial charge >= 0.3 is 0 Å². The maximum atomic E-state index is 6.12. The molecule has 0 bridgehead atoms. The van der Waals surface area contributed by atoms with Crippen LogP contribution in [0.1, 0.15) is 20.3 Å². The minimum atomic E-state index is -1.29. The van der Waals surface area contributed by atoms with Gasteiger partial charge in [0.2, 0.25) is 0 Å². The van der Waals surface area contributed by atoms with E-state index in [0.29, 0.717) is 0 Å². The molecule has 0 N–H and O–H groups in total. The second-order valence-electron chi connectivity index (χ2n) is 2.87. The molecule has 0 aliphatic carbocycles. The summed E-state index contributed by atoms with van der Waals surface area (Å²) in [5, 5.41) is 0. The zero-order chi connectivity index (χ0) is 6.78. The molecule has 0 aliphatic rings. The highest BCUT2D eigenvalue weighted by molar-refractivity contribution is 7.19. The number of hydrogen-bond donors (Lipinski definition) is 0. The van der Waals surface area contributed by atoms with Crippen molar-refractivity contribution in [2.75, 3.05) is 0 Å². The van der Waals surface area contributed by atoms with Gasteiger partial charge in [-0.25, -0.2) is 0 Å². The standard InChI is InChI=1S/C6H15ClSi/c1-5-6(2)8(3,4)7/h6H,5H2,1-4H3/t6-/m1/s1. The van der Waals surface area contributed by atoms with Crippen LogP contribution in [0.3, 0.4) is 0 Å². The Kier molecular flexibility index (Phi) is 3.06. The van der Waals surface area contributed by atoms with E-state index in [4.69, 9.17) is 11.1 Å². The lowest BCUT2D eigenvalue weighted by Gasteiger charge is -2.19. The third-order valence-corrected chi connectivity index (χ3v) is 5.65. The van der Waals surface area contributed by atoms with E-state index < -0.39 is 7.38 Å². The molecule has 0 radical (unpaired) electrons. The van der Waals surface area contributed by atoms with Crippen LogP contribution in [0, 0.1) is 0 Å². The molecule has 2 heteroatoms. The average molecular weight is 151 g/mol. The van der Waals surface area contributed by atoms with Crippen LogP contribution in [0.2, 0.25) is 18.6 Å². The number of rotatable bonds is 2. The van der Waals surface area contributed by atoms with Gasteiger partial charge < -0.3 is 0 Å². The minimum Gasteiger partial charge on any atom is -0.167 e. The third kappa shape index (κ3) is 2.73. The van der Waals surface area contributed by atoms with Crippen LogP contribution in [-0.2, 0) is 0 Å². The molecule has 0 spiro atoms. The second kappa shape index (κ2) is 2.88. The van der Waals surface area contributed by atoms with Gasteiger partial charge in [-0.2, -0.15) is 11.1 Å². The molecule has 0 fully saturated rings. The Hall–Kier alpha value is 0.507. The molecule has 0 nitrogen and oxygen atoms in total. The molecule has 0 heterocycles. The fourth-order valence-electron chi connectivity index (χ4n) is 0.485. The molecule has 0 aromatic rings. The van der Waals surface area contributed by atoms with Crippen molar-refractivity contribution in [3.05, 3.63) is 0 Å². The van der Waals surface area contributed by atoms with Gasteiger partial charge in [0.25, 0.3) is 0 Å². The lowest BCUT2D eigenvalue weighted by atomic mass is 10.4. The van der Waals surface area contributed by atoms with Crippen molar-refractivity contribution >= 4 is 18.5 Å². The maximum absolute atomic E-state index is 6.12. The van der Waals surface area contributed by atoms with E-state index in [2.05, 4.69) is 26.9 Å². The SMILES string of the molecule is CC[C@@H](C)[Si](C)(C)Cl. The van der Waals surface area contributed by atoms with Crippen molar-refractivity contribution in [3.63, 3.8) is 0 Å². The van der Waals surface area contributed by atoms with Gasteiger partial charge in [-0.1, -0.05) is 33.4 Å². The predicted molar refractivity (Wildman–Crippen MR) is 43.1 cm³/mol. The summed E-state index contributed by atoms with van der Waals surface area (Å²) < 4.78 is 0. The van der Waals surface area contributed by atoms with Crippen LogP contribution in [0.15, 0.2) is 0 Å². The summed E-state index contributed by atoms with van der Waals surface area (Å²) in [6, 6.07) is 0. The number of halogens is 1. The molecule has 0 unspecified atom stereocenters. The first-order valence-corrected chi connectivity index (χ1v) is 7.26. The zero-order valence-corrected chi connectivity index (χ0v) is 7.92. The molecule has 1 atom stereocenters. The van der Waals surface area contributed by atoms with Crippen LogP contribution >= 0.6 is 11.1 Å². The van der Waals surface area contributed by atoms with Crippen LogP contribution in [0.4, 0.5) is 0 Å². The van der Waals surface area contributed by atoms with Gasteiger partial charge in [0, 0.05) is 0 Å². The van der Waals surface area contributed by atoms with Crippen molar-refractivity contribution in [1.82, 2.24) is 0 Å². The molecular formula is C6H15ClSi. The van der Waals surface area contributed by atoms with Crippen molar-refractivity contribution in [1.29, 1.82) is 0 Å². The van der Waals surface area contributed by atoms with E-state index in [1.54, 1.807) is 0 Å². The summed E-state index contributed by atoms with van der Waals surface area (Å²) in [6.07, 6.45) is 1.22. The lowest BCUT2D eigenvalue weighted by Crippen LogP contribution is -2.22. The first kappa shape index (κ1) is 8.51. The van der Waals surface area contributed by atoms with Crippen molar-refractivity contribution in [3.8, 4) is 0 Å². The second-order valence-corrected chi connectivity index (χ2v) is 9.91. The largest absolute Gasteiger partial charge is 0.167 e. The lowest BCUT2D eigenvalue weighted by molar-refractivity contribution is 0.854. The van der Waals surface area contributed by atoms with Crippen molar-refractivity contribution < 1.29 is 0 Å². The van der Waals surface area contributed by atoms with Crippen molar-refractivity contribution in [2.24, 2.45) is 0 Å². The van der Waals surface area contributed by atoms with Gasteiger partial charge in [-0.3, -0.25) is 0 Å². The minimum absolute atomic E-state index is 0.754. The Bertz CT molecular complexity index is 65.4. The van der Waals surface area contributed by atoms with Crippen LogP contribution < -0.4 is 0 Å². The fraction of sp³-hybridized carbons (Fsp3) is 1.00. The summed E-state index contributed by atoms with van der Waals surface area (Å²) in [5.74, 6) is 0. The van der Waals surface area contributed by atoms with E-state index in [-0.39, 0.29) is 0 Å². The van der Waals surface area contributed by atoms with Crippen LogP contribution in [0.5, 0.6) is 0 Å². The van der Waals surface area contributed by atoms with Gasteiger partial charge in [0.05, 0.1) is 0 Å². The Balaban J connectivity index is 3.62. The Labute approximate surface area is 58.0 Å². The van der Waals surface area contributed by atoms with Gasteiger partial charge in [0.15, 0.2) is 7.38 Å².